The first-order valence-corrected chi connectivity index (χ1v) is 8.72. The number of ketones is 1. The van der Waals surface area contributed by atoms with Gasteiger partial charge in [-0.15, -0.1) is 0 Å². The van der Waals surface area contributed by atoms with Gasteiger partial charge in [0.05, 0.1) is 7.11 Å². The lowest BCUT2D eigenvalue weighted by atomic mass is 10.0. The summed E-state index contributed by atoms with van der Waals surface area (Å²) in [6.45, 7) is 3.81. The Balaban J connectivity index is 1.60. The molecule has 0 radical (unpaired) electrons. The fourth-order valence-corrected chi connectivity index (χ4v) is 3.11. The van der Waals surface area contributed by atoms with Crippen LogP contribution in [0.15, 0.2) is 42.6 Å². The summed E-state index contributed by atoms with van der Waals surface area (Å²) < 4.78 is 5.20. The number of aromatic amines is 2. The summed E-state index contributed by atoms with van der Waals surface area (Å²) in [4.78, 5) is 20.3. The monoisotopic (exact) mass is 360 g/mol. The van der Waals surface area contributed by atoms with Gasteiger partial charge in [0.15, 0.2) is 5.78 Å². The predicted octanol–water partition coefficient (Wildman–Crippen LogP) is 4.00. The molecule has 0 saturated heterocycles. The lowest BCUT2D eigenvalue weighted by Gasteiger charge is -2.00. The molecule has 0 saturated carbocycles. The van der Waals surface area contributed by atoms with Crippen LogP contribution < -0.4 is 4.74 Å². The maximum absolute atomic E-state index is 12.5. The van der Waals surface area contributed by atoms with Gasteiger partial charge in [0.2, 0.25) is 0 Å². The molecule has 4 aromatic rings. The molecule has 6 nitrogen and oxygen atoms in total. The Bertz CT molecular complexity index is 1120. The van der Waals surface area contributed by atoms with E-state index in [0.717, 1.165) is 44.9 Å². The van der Waals surface area contributed by atoms with Gasteiger partial charge < -0.3 is 9.72 Å². The SMILES string of the molecule is COc1ccc(-c2cc3cc(CC(=O)c4n[nH]c(C)c4C)cnc3[nH]2)cc1. The molecule has 0 fully saturated rings. The molecule has 6 heteroatoms. The zero-order valence-electron chi connectivity index (χ0n) is 15.5. The molecule has 27 heavy (non-hydrogen) atoms. The van der Waals surface area contributed by atoms with Crippen LogP contribution in [0.1, 0.15) is 27.3 Å². The smallest absolute Gasteiger partial charge is 0.187 e. The maximum Gasteiger partial charge on any atom is 0.187 e. The number of fused-ring (bicyclic) bond motifs is 1. The highest BCUT2D eigenvalue weighted by Gasteiger charge is 2.15. The van der Waals surface area contributed by atoms with Gasteiger partial charge in [-0.05, 0) is 61.4 Å². The first-order chi connectivity index (χ1) is 13.0. The van der Waals surface area contributed by atoms with E-state index in [1.807, 2.05) is 50.2 Å². The normalized spacial score (nSPS) is 11.1. The van der Waals surface area contributed by atoms with Crippen LogP contribution in [0.3, 0.4) is 0 Å². The summed E-state index contributed by atoms with van der Waals surface area (Å²) >= 11 is 0. The van der Waals surface area contributed by atoms with Gasteiger partial charge in [-0.3, -0.25) is 9.89 Å². The second kappa shape index (κ2) is 6.72. The third kappa shape index (κ3) is 3.21. The van der Waals surface area contributed by atoms with Crippen LogP contribution in [0.2, 0.25) is 0 Å². The summed E-state index contributed by atoms with van der Waals surface area (Å²) in [7, 11) is 1.65. The number of methoxy groups -OCH3 is 1. The predicted molar refractivity (Wildman–Crippen MR) is 104 cm³/mol. The van der Waals surface area contributed by atoms with Crippen LogP contribution >= 0.6 is 0 Å². The largest absolute Gasteiger partial charge is 0.497 e. The summed E-state index contributed by atoms with van der Waals surface area (Å²) in [6.07, 6.45) is 2.01. The van der Waals surface area contributed by atoms with E-state index in [-0.39, 0.29) is 12.2 Å². The molecule has 2 N–H and O–H groups in total. The van der Waals surface area contributed by atoms with E-state index >= 15 is 0 Å². The van der Waals surface area contributed by atoms with Crippen molar-refractivity contribution in [3.63, 3.8) is 0 Å². The number of aryl methyl sites for hydroxylation is 1. The number of aromatic nitrogens is 4. The van der Waals surface area contributed by atoms with Gasteiger partial charge in [-0.25, -0.2) is 4.98 Å². The number of hydrogen-bond donors (Lipinski definition) is 2. The van der Waals surface area contributed by atoms with Crippen molar-refractivity contribution in [1.29, 1.82) is 0 Å². The second-order valence-corrected chi connectivity index (χ2v) is 6.62. The number of hydrogen-bond acceptors (Lipinski definition) is 4. The molecule has 3 heterocycles. The van der Waals surface area contributed by atoms with E-state index in [4.69, 9.17) is 4.74 Å². The topological polar surface area (TPSA) is 83.7 Å². The van der Waals surface area contributed by atoms with Crippen molar-refractivity contribution in [2.45, 2.75) is 20.3 Å². The number of nitrogens with zero attached hydrogens (tertiary/aromatic N) is 2. The minimum Gasteiger partial charge on any atom is -0.497 e. The van der Waals surface area contributed by atoms with E-state index < -0.39 is 0 Å². The van der Waals surface area contributed by atoms with Gasteiger partial charge in [0, 0.05) is 35.0 Å². The van der Waals surface area contributed by atoms with Crippen LogP contribution in [0.5, 0.6) is 5.75 Å². The van der Waals surface area contributed by atoms with Gasteiger partial charge in [-0.1, -0.05) is 0 Å². The minimum absolute atomic E-state index is 0.0103. The van der Waals surface area contributed by atoms with Crippen molar-refractivity contribution in [2.24, 2.45) is 0 Å². The van der Waals surface area contributed by atoms with Crippen LogP contribution in [0.25, 0.3) is 22.3 Å². The molecule has 0 unspecified atom stereocenters. The van der Waals surface area contributed by atoms with E-state index in [9.17, 15) is 4.79 Å². The summed E-state index contributed by atoms with van der Waals surface area (Å²) in [5, 5.41) is 7.96. The van der Waals surface area contributed by atoms with Crippen molar-refractivity contribution in [2.75, 3.05) is 7.11 Å². The Hall–Kier alpha value is -3.41. The number of rotatable bonds is 5. The quantitative estimate of drug-likeness (QED) is 0.527. The van der Waals surface area contributed by atoms with E-state index in [1.165, 1.54) is 0 Å². The highest BCUT2D eigenvalue weighted by molar-refractivity contribution is 5.97. The third-order valence-electron chi connectivity index (χ3n) is 4.81. The number of benzene rings is 1. The van der Waals surface area contributed by atoms with Gasteiger partial charge >= 0.3 is 0 Å². The van der Waals surface area contributed by atoms with Gasteiger partial charge in [0.25, 0.3) is 0 Å². The lowest BCUT2D eigenvalue weighted by molar-refractivity contribution is 0.0987. The van der Waals surface area contributed by atoms with Crippen molar-refractivity contribution >= 4 is 16.8 Å². The molecule has 0 aliphatic rings. The number of pyridine rings is 1. The zero-order chi connectivity index (χ0) is 19.0. The molecular formula is C21H20N4O2. The van der Waals surface area contributed by atoms with Crippen molar-refractivity contribution in [3.8, 4) is 17.0 Å². The second-order valence-electron chi connectivity index (χ2n) is 6.62. The highest BCUT2D eigenvalue weighted by atomic mass is 16.5. The van der Waals surface area contributed by atoms with Crippen LogP contribution in [0.4, 0.5) is 0 Å². The maximum atomic E-state index is 12.5. The Morgan fingerprint density at radius 3 is 2.59 bits per heavy atom. The first kappa shape index (κ1) is 17.0. The summed E-state index contributed by atoms with van der Waals surface area (Å²) in [5.41, 5.74) is 6.01. The van der Waals surface area contributed by atoms with E-state index in [2.05, 4.69) is 20.2 Å². The van der Waals surface area contributed by atoms with Crippen LogP contribution in [0, 0.1) is 13.8 Å². The number of ether oxygens (including phenoxy) is 1. The van der Waals surface area contributed by atoms with E-state index in [1.54, 1.807) is 13.3 Å². The molecular weight excluding hydrogens is 340 g/mol. The first-order valence-electron chi connectivity index (χ1n) is 8.72. The zero-order valence-corrected chi connectivity index (χ0v) is 15.5. The number of carbonyl (C=O) groups is 1. The average Bonchev–Trinajstić information content (AvgIpc) is 3.25. The number of nitrogens with one attached hydrogen (secondary N) is 2. The van der Waals surface area contributed by atoms with E-state index in [0.29, 0.717) is 5.69 Å². The van der Waals surface area contributed by atoms with Crippen molar-refractivity contribution < 1.29 is 9.53 Å². The number of Topliss-reactive ketones (excluding diaryl/α,β-unsaturated/α-hetero) is 1. The average molecular weight is 360 g/mol. The molecule has 0 bridgehead atoms. The third-order valence-corrected chi connectivity index (χ3v) is 4.81. The lowest BCUT2D eigenvalue weighted by Crippen LogP contribution is -2.06. The molecule has 4 rings (SSSR count). The van der Waals surface area contributed by atoms with Gasteiger partial charge in [0.1, 0.15) is 17.1 Å². The Morgan fingerprint density at radius 1 is 1.15 bits per heavy atom. The Morgan fingerprint density at radius 2 is 1.93 bits per heavy atom. The van der Waals surface area contributed by atoms with Crippen LogP contribution in [-0.2, 0) is 6.42 Å². The molecule has 1 aromatic carbocycles. The fourth-order valence-electron chi connectivity index (χ4n) is 3.11. The summed E-state index contributed by atoms with van der Waals surface area (Å²) in [6, 6.07) is 11.9. The van der Waals surface area contributed by atoms with Crippen LogP contribution in [-0.4, -0.2) is 33.1 Å². The van der Waals surface area contributed by atoms with Crippen molar-refractivity contribution in [1.82, 2.24) is 20.2 Å². The molecule has 0 spiro atoms. The highest BCUT2D eigenvalue weighted by Crippen LogP contribution is 2.25. The fraction of sp³-hybridized carbons (Fsp3) is 0.190. The number of carbonyl (C=O) groups excluding carboxylic acids is 1. The molecule has 0 amide bonds. The number of H-pyrrole nitrogens is 2. The molecule has 0 aliphatic carbocycles. The molecule has 0 aliphatic heterocycles. The molecule has 3 aromatic heterocycles. The Kier molecular flexibility index (Phi) is 4.24. The standard InChI is InChI=1S/C21H20N4O2/c1-12-13(2)24-25-20(12)19(26)9-14-8-16-10-18(23-21(16)22-11-14)15-4-6-17(27-3)7-5-15/h4-8,10-11H,9H2,1-3H3,(H,22,23)(H,24,25). The Labute approximate surface area is 156 Å². The molecule has 0 atom stereocenters. The van der Waals surface area contributed by atoms with Crippen molar-refractivity contribution in [3.05, 3.63) is 65.1 Å². The summed E-state index contributed by atoms with van der Waals surface area (Å²) in [5.74, 6) is 0.807. The molecule has 136 valence electrons. The minimum atomic E-state index is -0.0103. The van der Waals surface area contributed by atoms with Gasteiger partial charge in [-0.2, -0.15) is 5.10 Å².